The van der Waals surface area contributed by atoms with E-state index >= 15 is 0 Å². The Labute approximate surface area is 150 Å². The summed E-state index contributed by atoms with van der Waals surface area (Å²) in [6.45, 7) is 0. The van der Waals surface area contributed by atoms with Gasteiger partial charge in [0.1, 0.15) is 17.6 Å². The Kier molecular flexibility index (Phi) is 3.14. The Hall–Kier alpha value is -2.57. The number of benzene rings is 1. The molecule has 2 heterocycles. The number of ether oxygens (including phenoxy) is 2. The Morgan fingerprint density at radius 2 is 1.81 bits per heavy atom. The zero-order chi connectivity index (χ0) is 18.2. The van der Waals surface area contributed by atoms with Crippen molar-refractivity contribution in [2.24, 2.45) is 34.7 Å². The highest BCUT2D eigenvalue weighted by molar-refractivity contribution is 6.09. The lowest BCUT2D eigenvalue weighted by atomic mass is 9.71. The monoisotopic (exact) mass is 356 g/mol. The van der Waals surface area contributed by atoms with Crippen molar-refractivity contribution in [3.8, 4) is 11.5 Å². The average molecular weight is 356 g/mol. The molecule has 3 fully saturated rings. The molecule has 0 unspecified atom stereocenters. The number of methoxy groups -OCH3 is 2. The first kappa shape index (κ1) is 15.7. The molecule has 0 aromatic heterocycles. The molecule has 2 bridgehead atoms. The smallest absolute Gasteiger partial charge is 0.233 e. The van der Waals surface area contributed by atoms with E-state index < -0.39 is 0 Å². The van der Waals surface area contributed by atoms with Crippen LogP contribution in [0.3, 0.4) is 0 Å². The van der Waals surface area contributed by atoms with Crippen LogP contribution in [-0.2, 0) is 14.4 Å². The van der Waals surface area contributed by atoms with Crippen molar-refractivity contribution in [2.75, 3.05) is 21.3 Å². The molecule has 6 atom stereocenters. The average Bonchev–Trinajstić information content (AvgIpc) is 3.39. The second kappa shape index (κ2) is 5.22. The van der Waals surface area contributed by atoms with Gasteiger partial charge in [-0.15, -0.1) is 0 Å². The van der Waals surface area contributed by atoms with Gasteiger partial charge in [-0.05, 0) is 30.5 Å². The van der Waals surface area contributed by atoms with E-state index in [2.05, 4.69) is 5.16 Å². The lowest BCUT2D eigenvalue weighted by Crippen LogP contribution is -2.41. The van der Waals surface area contributed by atoms with Gasteiger partial charge in [-0.1, -0.05) is 5.16 Å². The van der Waals surface area contributed by atoms with Crippen LogP contribution in [-0.4, -0.2) is 49.8 Å². The third-order valence-corrected chi connectivity index (χ3v) is 6.59. The molecule has 2 amide bonds. The van der Waals surface area contributed by atoms with Crippen molar-refractivity contribution in [1.82, 2.24) is 4.90 Å². The fraction of sp³-hybridized carbons (Fsp3) is 0.526. The number of oxime groups is 1. The van der Waals surface area contributed by atoms with E-state index in [0.717, 1.165) is 17.7 Å². The van der Waals surface area contributed by atoms with Crippen molar-refractivity contribution in [1.29, 1.82) is 0 Å². The van der Waals surface area contributed by atoms with Gasteiger partial charge in [0.25, 0.3) is 0 Å². The van der Waals surface area contributed by atoms with Crippen molar-refractivity contribution in [3.63, 3.8) is 0 Å². The van der Waals surface area contributed by atoms with E-state index in [0.29, 0.717) is 11.5 Å². The first-order valence-corrected chi connectivity index (χ1v) is 8.84. The molecule has 1 aromatic rings. The fourth-order valence-corrected chi connectivity index (χ4v) is 5.51. The minimum Gasteiger partial charge on any atom is -0.497 e. The van der Waals surface area contributed by atoms with Crippen LogP contribution >= 0.6 is 0 Å². The number of carbonyl (C=O) groups is 2. The molecular weight excluding hydrogens is 336 g/mol. The Morgan fingerprint density at radius 3 is 2.50 bits per heavy atom. The van der Waals surface area contributed by atoms with Crippen molar-refractivity contribution in [3.05, 3.63) is 23.8 Å². The summed E-state index contributed by atoms with van der Waals surface area (Å²) in [6, 6.07) is 5.57. The normalized spacial score (nSPS) is 36.7. The Morgan fingerprint density at radius 1 is 1.08 bits per heavy atom. The maximum Gasteiger partial charge on any atom is 0.233 e. The van der Waals surface area contributed by atoms with E-state index in [4.69, 9.17) is 14.3 Å². The number of amides is 2. The van der Waals surface area contributed by atoms with Crippen LogP contribution < -0.4 is 9.47 Å². The van der Waals surface area contributed by atoms with Gasteiger partial charge in [0.05, 0.1) is 31.8 Å². The van der Waals surface area contributed by atoms with Crippen LogP contribution in [0.2, 0.25) is 0 Å². The number of imide groups is 1. The van der Waals surface area contributed by atoms with Gasteiger partial charge < -0.3 is 14.3 Å². The molecule has 0 N–H and O–H groups in total. The van der Waals surface area contributed by atoms with Crippen molar-refractivity contribution < 1.29 is 23.9 Å². The number of likely N-dealkylation sites (tertiary alicyclic amines) is 1. The molecule has 7 heteroatoms. The zero-order valence-corrected chi connectivity index (χ0v) is 14.8. The third kappa shape index (κ3) is 1.75. The molecule has 4 aliphatic rings. The van der Waals surface area contributed by atoms with E-state index in [9.17, 15) is 9.59 Å². The maximum atomic E-state index is 12.6. The van der Waals surface area contributed by atoms with Crippen LogP contribution in [0.15, 0.2) is 23.4 Å². The second-order valence-corrected chi connectivity index (χ2v) is 7.49. The lowest BCUT2D eigenvalue weighted by Gasteiger charge is -2.30. The van der Waals surface area contributed by atoms with Crippen LogP contribution in [0, 0.1) is 29.6 Å². The number of fused-ring (bicyclic) bond motifs is 8. The molecule has 2 aliphatic heterocycles. The topological polar surface area (TPSA) is 77.4 Å². The Bertz CT molecular complexity index is 850. The van der Waals surface area contributed by atoms with Gasteiger partial charge in [-0.2, -0.15) is 0 Å². The quantitative estimate of drug-likeness (QED) is 0.763. The number of nitrogens with zero attached hydrogens (tertiary/aromatic N) is 2. The molecule has 7 nitrogen and oxygen atoms in total. The molecule has 26 heavy (non-hydrogen) atoms. The molecule has 5 rings (SSSR count). The Balaban J connectivity index is 1.55. The molecule has 136 valence electrons. The van der Waals surface area contributed by atoms with E-state index in [1.165, 1.54) is 4.90 Å². The largest absolute Gasteiger partial charge is 0.497 e. The van der Waals surface area contributed by atoms with Crippen LogP contribution in [0.25, 0.3) is 0 Å². The minimum atomic E-state index is -0.250. The number of rotatable bonds is 3. The standard InChI is InChI=1S/C19H20N2O5/c1-21-18(22)13-10-7-11(14(13)19(21)23)17-15(10)16(20-26-17)9-6-8(24-2)4-5-12(9)25-3/h4-6,10-11,13-15,17H,7H2,1-3H3/t10-,11+,13-,14+,15-,17-/m1/s1. The van der Waals surface area contributed by atoms with E-state index in [-0.39, 0.29) is 47.5 Å². The summed E-state index contributed by atoms with van der Waals surface area (Å²) in [6.07, 6.45) is 0.691. The number of hydrogen-bond donors (Lipinski definition) is 0. The maximum absolute atomic E-state index is 12.6. The summed E-state index contributed by atoms with van der Waals surface area (Å²) < 4.78 is 10.9. The highest BCUT2D eigenvalue weighted by atomic mass is 16.6. The van der Waals surface area contributed by atoms with E-state index in [1.54, 1.807) is 21.3 Å². The van der Waals surface area contributed by atoms with Gasteiger partial charge in [-0.3, -0.25) is 14.5 Å². The SMILES string of the molecule is COc1ccc(OC)c(C2=NO[C@@H]3[C@H]4C[C@H]([C@H]5C(=O)N(C)C(=O)[C@@H]45)[C@H]23)c1. The van der Waals surface area contributed by atoms with Crippen molar-refractivity contribution >= 4 is 17.5 Å². The molecule has 2 saturated carbocycles. The molecule has 0 radical (unpaired) electrons. The zero-order valence-electron chi connectivity index (χ0n) is 14.8. The van der Waals surface area contributed by atoms with Crippen molar-refractivity contribution in [2.45, 2.75) is 12.5 Å². The summed E-state index contributed by atoms with van der Waals surface area (Å²) in [5.41, 5.74) is 1.63. The van der Waals surface area contributed by atoms with Crippen LogP contribution in [0.1, 0.15) is 12.0 Å². The fourth-order valence-electron chi connectivity index (χ4n) is 5.51. The highest BCUT2D eigenvalue weighted by Crippen LogP contribution is 2.61. The molecule has 2 aliphatic carbocycles. The van der Waals surface area contributed by atoms with Gasteiger partial charge >= 0.3 is 0 Å². The molecule has 1 aromatic carbocycles. The van der Waals surface area contributed by atoms with Gasteiger partial charge in [0, 0.05) is 24.4 Å². The summed E-state index contributed by atoms with van der Waals surface area (Å²) in [4.78, 5) is 32.2. The van der Waals surface area contributed by atoms with Gasteiger partial charge in [-0.25, -0.2) is 0 Å². The first-order valence-electron chi connectivity index (χ1n) is 8.84. The molecular formula is C19H20N2O5. The summed E-state index contributed by atoms with van der Waals surface area (Å²) in [5.74, 6) is 0.909. The summed E-state index contributed by atoms with van der Waals surface area (Å²) >= 11 is 0. The van der Waals surface area contributed by atoms with Crippen LogP contribution in [0.5, 0.6) is 11.5 Å². The molecule has 1 saturated heterocycles. The minimum absolute atomic E-state index is 0.00510. The van der Waals surface area contributed by atoms with E-state index in [1.807, 2.05) is 18.2 Å². The first-order chi connectivity index (χ1) is 12.6. The van der Waals surface area contributed by atoms with Gasteiger partial charge in [0.15, 0.2) is 0 Å². The second-order valence-electron chi connectivity index (χ2n) is 7.49. The third-order valence-electron chi connectivity index (χ3n) is 6.59. The number of carbonyl (C=O) groups excluding carboxylic acids is 2. The predicted octanol–water partition coefficient (Wildman–Crippen LogP) is 1.30. The van der Waals surface area contributed by atoms with Gasteiger partial charge in [0.2, 0.25) is 11.8 Å². The predicted molar refractivity (Wildman–Crippen MR) is 90.8 cm³/mol. The van der Waals surface area contributed by atoms with Crippen LogP contribution in [0.4, 0.5) is 0 Å². The summed E-state index contributed by atoms with van der Waals surface area (Å²) in [5, 5.41) is 4.36. The lowest BCUT2D eigenvalue weighted by molar-refractivity contribution is -0.139. The highest BCUT2D eigenvalue weighted by Gasteiger charge is 2.70. The molecule has 0 spiro atoms. The number of hydrogen-bond acceptors (Lipinski definition) is 6. The summed E-state index contributed by atoms with van der Waals surface area (Å²) in [7, 11) is 4.81.